The largest absolute Gasteiger partial charge is 0.348 e. The van der Waals surface area contributed by atoms with Gasteiger partial charge in [0, 0.05) is 44.3 Å². The number of hydrogen-bond acceptors (Lipinski definition) is 4. The fourth-order valence-electron chi connectivity index (χ4n) is 4.29. The Bertz CT molecular complexity index is 1020. The Morgan fingerprint density at radius 3 is 2.52 bits per heavy atom. The summed E-state index contributed by atoms with van der Waals surface area (Å²) >= 11 is 0. The number of halogens is 1. The summed E-state index contributed by atoms with van der Waals surface area (Å²) in [7, 11) is -3.95. The number of rotatable bonds is 6. The molecule has 0 radical (unpaired) electrons. The fourth-order valence-corrected chi connectivity index (χ4v) is 5.90. The maximum Gasteiger partial charge on any atom is 0.251 e. The number of sulfonamides is 1. The van der Waals surface area contributed by atoms with E-state index in [1.807, 2.05) is 18.2 Å². The van der Waals surface area contributed by atoms with Gasteiger partial charge in [-0.25, -0.2) is 12.8 Å². The van der Waals surface area contributed by atoms with Gasteiger partial charge in [0.2, 0.25) is 10.0 Å². The molecule has 2 fully saturated rings. The molecule has 166 valence electrons. The van der Waals surface area contributed by atoms with E-state index in [0.29, 0.717) is 13.1 Å². The van der Waals surface area contributed by atoms with E-state index < -0.39 is 20.7 Å². The minimum Gasteiger partial charge on any atom is -0.348 e. The predicted molar refractivity (Wildman–Crippen MR) is 117 cm³/mol. The summed E-state index contributed by atoms with van der Waals surface area (Å²) < 4.78 is 41.5. The van der Waals surface area contributed by atoms with Crippen molar-refractivity contribution in [1.29, 1.82) is 0 Å². The Labute approximate surface area is 183 Å². The molecule has 2 heterocycles. The Kier molecular flexibility index (Phi) is 6.69. The van der Waals surface area contributed by atoms with E-state index in [1.54, 1.807) is 0 Å². The van der Waals surface area contributed by atoms with Crippen LogP contribution in [0.5, 0.6) is 0 Å². The molecule has 0 saturated carbocycles. The molecule has 31 heavy (non-hydrogen) atoms. The molecule has 2 saturated heterocycles. The molecule has 1 unspecified atom stereocenters. The number of carbonyl (C=O) groups excluding carboxylic acids is 1. The van der Waals surface area contributed by atoms with Crippen LogP contribution in [0.1, 0.15) is 41.6 Å². The smallest absolute Gasteiger partial charge is 0.251 e. The van der Waals surface area contributed by atoms with Crippen LogP contribution < -0.4 is 5.32 Å². The number of nitrogens with one attached hydrogen (secondary N) is 1. The van der Waals surface area contributed by atoms with Gasteiger partial charge in [0.25, 0.3) is 5.91 Å². The van der Waals surface area contributed by atoms with Crippen LogP contribution in [0, 0.1) is 5.82 Å². The van der Waals surface area contributed by atoms with Gasteiger partial charge in [-0.1, -0.05) is 36.8 Å². The van der Waals surface area contributed by atoms with Gasteiger partial charge in [0.05, 0.1) is 0 Å². The van der Waals surface area contributed by atoms with Gasteiger partial charge in [-0.15, -0.1) is 0 Å². The maximum atomic E-state index is 14.4. The van der Waals surface area contributed by atoms with E-state index >= 15 is 0 Å². The highest BCUT2D eigenvalue weighted by atomic mass is 32.2. The molecule has 2 aromatic rings. The number of carbonyl (C=O) groups is 1. The second-order valence-electron chi connectivity index (χ2n) is 8.29. The van der Waals surface area contributed by atoms with Crippen molar-refractivity contribution in [1.82, 2.24) is 14.5 Å². The first-order valence-corrected chi connectivity index (χ1v) is 12.2. The van der Waals surface area contributed by atoms with Gasteiger partial charge in [-0.3, -0.25) is 9.69 Å². The van der Waals surface area contributed by atoms with Crippen molar-refractivity contribution in [2.24, 2.45) is 0 Å². The van der Waals surface area contributed by atoms with E-state index in [0.717, 1.165) is 51.4 Å². The first-order valence-electron chi connectivity index (χ1n) is 10.8. The zero-order chi connectivity index (χ0) is 21.8. The number of hydrogen-bond donors (Lipinski definition) is 1. The summed E-state index contributed by atoms with van der Waals surface area (Å²) in [5.74, 6) is -1.20. The molecule has 0 spiro atoms. The third kappa shape index (κ3) is 5.14. The van der Waals surface area contributed by atoms with Crippen LogP contribution in [-0.2, 0) is 16.6 Å². The molecule has 6 nitrogen and oxygen atoms in total. The standard InChI is InChI=1S/C23H28FN3O3S/c24-21-10-9-19(15-22(21)31(29,30)27-12-5-2-6-13-27)23(28)25-20-11-14-26(17-20)16-18-7-3-1-4-8-18/h1,3-4,7-10,15,20H,2,5-6,11-14,16-17H2,(H,25,28). The van der Waals surface area contributed by atoms with Crippen molar-refractivity contribution in [3.05, 3.63) is 65.5 Å². The molecule has 0 aromatic heterocycles. The van der Waals surface area contributed by atoms with Crippen molar-refractivity contribution in [2.75, 3.05) is 26.2 Å². The summed E-state index contributed by atoms with van der Waals surface area (Å²) in [6, 6.07) is 13.7. The van der Waals surface area contributed by atoms with Gasteiger partial charge < -0.3 is 5.32 Å². The first-order chi connectivity index (χ1) is 14.9. The lowest BCUT2D eigenvalue weighted by Crippen LogP contribution is -2.38. The Balaban J connectivity index is 1.42. The third-order valence-corrected chi connectivity index (χ3v) is 7.90. The molecule has 1 amide bonds. The van der Waals surface area contributed by atoms with Crippen LogP contribution in [-0.4, -0.2) is 55.8 Å². The van der Waals surface area contributed by atoms with Crippen molar-refractivity contribution in [3.8, 4) is 0 Å². The lowest BCUT2D eigenvalue weighted by atomic mass is 10.2. The van der Waals surface area contributed by atoms with Gasteiger partial charge >= 0.3 is 0 Å². The summed E-state index contributed by atoms with van der Waals surface area (Å²) in [6.45, 7) is 3.19. The highest BCUT2D eigenvalue weighted by Crippen LogP contribution is 2.24. The van der Waals surface area contributed by atoms with E-state index in [4.69, 9.17) is 0 Å². The zero-order valence-corrected chi connectivity index (χ0v) is 18.3. The molecule has 0 aliphatic carbocycles. The fraction of sp³-hybridized carbons (Fsp3) is 0.435. The maximum absolute atomic E-state index is 14.4. The van der Waals surface area contributed by atoms with Crippen LogP contribution in [0.15, 0.2) is 53.4 Å². The van der Waals surface area contributed by atoms with Crippen molar-refractivity contribution < 1.29 is 17.6 Å². The highest BCUT2D eigenvalue weighted by molar-refractivity contribution is 7.89. The molecule has 1 atom stereocenters. The molecule has 2 aromatic carbocycles. The average Bonchev–Trinajstić information content (AvgIpc) is 3.21. The normalized spacial score (nSPS) is 20.6. The van der Waals surface area contributed by atoms with E-state index in [2.05, 4.69) is 22.3 Å². The lowest BCUT2D eigenvalue weighted by molar-refractivity contribution is 0.0937. The molecular formula is C23H28FN3O3S. The molecule has 4 rings (SSSR count). The van der Waals surface area contributed by atoms with Crippen LogP contribution in [0.4, 0.5) is 4.39 Å². The molecule has 0 bridgehead atoms. The number of benzene rings is 2. The first kappa shape index (κ1) is 21.9. The van der Waals surface area contributed by atoms with Crippen molar-refractivity contribution in [2.45, 2.75) is 43.2 Å². The van der Waals surface area contributed by atoms with E-state index in [9.17, 15) is 17.6 Å². The number of nitrogens with zero attached hydrogens (tertiary/aromatic N) is 2. The van der Waals surface area contributed by atoms with Crippen LogP contribution >= 0.6 is 0 Å². The molecular weight excluding hydrogens is 417 g/mol. The second kappa shape index (κ2) is 9.46. The van der Waals surface area contributed by atoms with Crippen molar-refractivity contribution in [3.63, 3.8) is 0 Å². The summed E-state index contributed by atoms with van der Waals surface area (Å²) in [6.07, 6.45) is 3.32. The Morgan fingerprint density at radius 2 is 1.77 bits per heavy atom. The third-order valence-electron chi connectivity index (χ3n) is 5.98. The molecule has 2 aliphatic heterocycles. The SMILES string of the molecule is O=C(NC1CCN(Cc2ccccc2)C1)c1ccc(F)c(S(=O)(=O)N2CCCCC2)c1. The average molecular weight is 446 g/mol. The van der Waals surface area contributed by atoms with E-state index in [1.165, 1.54) is 22.0 Å². The van der Waals surface area contributed by atoms with Gasteiger partial charge in [0.1, 0.15) is 10.7 Å². The number of likely N-dealkylation sites (tertiary alicyclic amines) is 1. The number of amides is 1. The molecule has 8 heteroatoms. The summed E-state index contributed by atoms with van der Waals surface area (Å²) in [5.41, 5.74) is 1.39. The Morgan fingerprint density at radius 1 is 1.03 bits per heavy atom. The lowest BCUT2D eigenvalue weighted by Gasteiger charge is -2.26. The zero-order valence-electron chi connectivity index (χ0n) is 17.5. The molecule has 1 N–H and O–H groups in total. The summed E-state index contributed by atoms with van der Waals surface area (Å²) in [4.78, 5) is 14.6. The topological polar surface area (TPSA) is 69.7 Å². The van der Waals surface area contributed by atoms with Gasteiger partial charge in [-0.2, -0.15) is 4.31 Å². The van der Waals surface area contributed by atoms with Crippen molar-refractivity contribution >= 4 is 15.9 Å². The van der Waals surface area contributed by atoms with Gasteiger partial charge in [-0.05, 0) is 43.0 Å². The predicted octanol–water partition coefficient (Wildman–Crippen LogP) is 3.00. The van der Waals surface area contributed by atoms with Crippen LogP contribution in [0.2, 0.25) is 0 Å². The van der Waals surface area contributed by atoms with E-state index in [-0.39, 0.29) is 17.5 Å². The summed E-state index contributed by atoms with van der Waals surface area (Å²) in [5, 5.41) is 2.98. The number of piperidine rings is 1. The van der Waals surface area contributed by atoms with Crippen LogP contribution in [0.25, 0.3) is 0 Å². The minimum atomic E-state index is -3.95. The Hall–Kier alpha value is -2.29. The minimum absolute atomic E-state index is 0.0246. The highest BCUT2D eigenvalue weighted by Gasteiger charge is 2.30. The molecule has 2 aliphatic rings. The van der Waals surface area contributed by atoms with Gasteiger partial charge in [0.15, 0.2) is 0 Å². The monoisotopic (exact) mass is 445 g/mol. The van der Waals surface area contributed by atoms with Crippen LogP contribution in [0.3, 0.4) is 0 Å². The quantitative estimate of drug-likeness (QED) is 0.742. The second-order valence-corrected chi connectivity index (χ2v) is 10.2.